The van der Waals surface area contributed by atoms with Gasteiger partial charge in [-0.2, -0.15) is 0 Å². The highest BCUT2D eigenvalue weighted by Crippen LogP contribution is 2.25. The fourth-order valence-corrected chi connectivity index (χ4v) is 1.27. The lowest BCUT2D eigenvalue weighted by Gasteiger charge is -2.19. The van der Waals surface area contributed by atoms with Crippen molar-refractivity contribution in [2.75, 3.05) is 7.05 Å². The van der Waals surface area contributed by atoms with E-state index in [2.05, 4.69) is 4.99 Å². The van der Waals surface area contributed by atoms with Crippen LogP contribution in [0.25, 0.3) is 0 Å². The number of hydrogen-bond acceptors (Lipinski definition) is 1. The Morgan fingerprint density at radius 3 is 1.93 bits per heavy atom. The summed E-state index contributed by atoms with van der Waals surface area (Å²) in [5.74, 6) is -1.13. The molecule has 15 heavy (non-hydrogen) atoms. The van der Waals surface area contributed by atoms with Gasteiger partial charge in [0.2, 0.25) is 0 Å². The van der Waals surface area contributed by atoms with Gasteiger partial charge in [-0.1, -0.05) is 20.8 Å². The van der Waals surface area contributed by atoms with Crippen LogP contribution in [0.5, 0.6) is 0 Å². The summed E-state index contributed by atoms with van der Waals surface area (Å²) in [7, 11) is 1.48. The van der Waals surface area contributed by atoms with Crippen molar-refractivity contribution in [2.45, 2.75) is 26.2 Å². The lowest BCUT2D eigenvalue weighted by molar-refractivity contribution is 0.543. The molecule has 1 aromatic rings. The van der Waals surface area contributed by atoms with Crippen LogP contribution in [0.15, 0.2) is 17.1 Å². The Morgan fingerprint density at radius 2 is 1.60 bits per heavy atom. The maximum atomic E-state index is 13.5. The zero-order chi connectivity index (χ0) is 11.6. The van der Waals surface area contributed by atoms with E-state index in [0.29, 0.717) is 5.56 Å². The van der Waals surface area contributed by atoms with Crippen molar-refractivity contribution in [3.63, 3.8) is 0 Å². The third-order valence-corrected chi connectivity index (χ3v) is 2.20. The van der Waals surface area contributed by atoms with Crippen molar-refractivity contribution >= 4 is 6.21 Å². The molecule has 0 N–H and O–H groups in total. The van der Waals surface area contributed by atoms with Gasteiger partial charge in [0.15, 0.2) is 0 Å². The first-order valence-corrected chi connectivity index (χ1v) is 4.78. The van der Waals surface area contributed by atoms with E-state index >= 15 is 0 Å². The fraction of sp³-hybridized carbons (Fsp3) is 0.417. The monoisotopic (exact) mass is 211 g/mol. The largest absolute Gasteiger partial charge is 0.296 e. The van der Waals surface area contributed by atoms with Crippen molar-refractivity contribution < 1.29 is 8.78 Å². The molecule has 3 heteroatoms. The summed E-state index contributed by atoms with van der Waals surface area (Å²) in [5.41, 5.74) is 0.306. The second-order valence-corrected chi connectivity index (χ2v) is 4.49. The van der Waals surface area contributed by atoms with E-state index in [-0.39, 0.29) is 11.0 Å². The SMILES string of the molecule is C/N=C/c1c(F)cc(C(C)(C)C)cc1F. The Bertz CT molecular complexity index is 366. The van der Waals surface area contributed by atoms with Gasteiger partial charge in [-0.25, -0.2) is 8.78 Å². The summed E-state index contributed by atoms with van der Waals surface area (Å²) in [5, 5.41) is 0. The van der Waals surface area contributed by atoms with Crippen LogP contribution >= 0.6 is 0 Å². The van der Waals surface area contributed by atoms with Crippen LogP contribution in [0.4, 0.5) is 8.78 Å². The van der Waals surface area contributed by atoms with Gasteiger partial charge in [0.05, 0.1) is 5.56 Å². The normalized spacial score (nSPS) is 12.4. The third-order valence-electron chi connectivity index (χ3n) is 2.20. The molecule has 1 nitrogen and oxygen atoms in total. The van der Waals surface area contributed by atoms with Crippen molar-refractivity contribution in [3.05, 3.63) is 34.9 Å². The van der Waals surface area contributed by atoms with Crippen LogP contribution in [-0.4, -0.2) is 13.3 Å². The molecule has 0 atom stereocenters. The summed E-state index contributed by atoms with van der Waals surface area (Å²) in [6.45, 7) is 5.73. The number of benzene rings is 1. The van der Waals surface area contributed by atoms with Gasteiger partial charge in [-0.05, 0) is 23.1 Å². The first-order chi connectivity index (χ1) is 6.86. The number of nitrogens with zero attached hydrogens (tertiary/aromatic N) is 1. The number of halogens is 2. The Kier molecular flexibility index (Phi) is 3.22. The smallest absolute Gasteiger partial charge is 0.135 e. The molecule has 0 fully saturated rings. The molecule has 0 aliphatic carbocycles. The lowest BCUT2D eigenvalue weighted by atomic mass is 9.86. The Labute approximate surface area is 88.8 Å². The molecule has 0 radical (unpaired) electrons. The zero-order valence-electron chi connectivity index (χ0n) is 9.44. The summed E-state index contributed by atoms with van der Waals surface area (Å²) in [6.07, 6.45) is 1.19. The first kappa shape index (κ1) is 11.8. The molecule has 0 bridgehead atoms. The summed E-state index contributed by atoms with van der Waals surface area (Å²) < 4.78 is 27.0. The predicted molar refractivity (Wildman–Crippen MR) is 58.6 cm³/mol. The highest BCUT2D eigenvalue weighted by atomic mass is 19.1. The molecular formula is C12H15F2N. The van der Waals surface area contributed by atoms with Crippen molar-refractivity contribution in [1.82, 2.24) is 0 Å². The molecular weight excluding hydrogens is 196 g/mol. The average molecular weight is 211 g/mol. The lowest BCUT2D eigenvalue weighted by Crippen LogP contribution is -2.13. The van der Waals surface area contributed by atoms with Crippen LogP contribution in [0.1, 0.15) is 31.9 Å². The minimum absolute atomic E-state index is 0.0782. The van der Waals surface area contributed by atoms with Crippen molar-refractivity contribution in [2.24, 2.45) is 4.99 Å². The molecule has 0 saturated carbocycles. The maximum Gasteiger partial charge on any atom is 0.135 e. The van der Waals surface area contributed by atoms with Crippen molar-refractivity contribution in [1.29, 1.82) is 0 Å². The molecule has 0 aromatic heterocycles. The summed E-state index contributed by atoms with van der Waals surface area (Å²) in [6, 6.07) is 2.72. The molecule has 1 rings (SSSR count). The number of rotatable bonds is 1. The zero-order valence-corrected chi connectivity index (χ0v) is 9.44. The van der Waals surface area contributed by atoms with E-state index in [1.165, 1.54) is 25.4 Å². The average Bonchev–Trinajstić information content (AvgIpc) is 2.09. The van der Waals surface area contributed by atoms with E-state index in [0.717, 1.165) is 0 Å². The second-order valence-electron chi connectivity index (χ2n) is 4.49. The van der Waals surface area contributed by atoms with Crippen LogP contribution in [0, 0.1) is 11.6 Å². The molecule has 0 aliphatic heterocycles. The molecule has 0 spiro atoms. The topological polar surface area (TPSA) is 12.4 Å². The molecule has 0 unspecified atom stereocenters. The highest BCUT2D eigenvalue weighted by Gasteiger charge is 2.18. The minimum Gasteiger partial charge on any atom is -0.296 e. The Hall–Kier alpha value is -1.25. The molecule has 1 aromatic carbocycles. The van der Waals surface area contributed by atoms with Crippen LogP contribution < -0.4 is 0 Å². The highest BCUT2D eigenvalue weighted by molar-refractivity contribution is 5.80. The molecule has 0 heterocycles. The van der Waals surface area contributed by atoms with E-state index in [4.69, 9.17) is 0 Å². The summed E-state index contributed by atoms with van der Waals surface area (Å²) >= 11 is 0. The quantitative estimate of drug-likeness (QED) is 0.632. The van der Waals surface area contributed by atoms with Gasteiger partial charge in [0.1, 0.15) is 11.6 Å². The minimum atomic E-state index is -0.564. The van der Waals surface area contributed by atoms with Gasteiger partial charge >= 0.3 is 0 Å². The molecule has 0 saturated heterocycles. The maximum absolute atomic E-state index is 13.5. The third kappa shape index (κ3) is 2.61. The van der Waals surface area contributed by atoms with Gasteiger partial charge in [-0.15, -0.1) is 0 Å². The fourth-order valence-electron chi connectivity index (χ4n) is 1.27. The van der Waals surface area contributed by atoms with Crippen molar-refractivity contribution in [3.8, 4) is 0 Å². The van der Waals surface area contributed by atoms with Crippen LogP contribution in [-0.2, 0) is 5.41 Å². The molecule has 82 valence electrons. The van der Waals surface area contributed by atoms with E-state index in [1.807, 2.05) is 20.8 Å². The first-order valence-electron chi connectivity index (χ1n) is 4.78. The van der Waals surface area contributed by atoms with Gasteiger partial charge < -0.3 is 0 Å². The Morgan fingerprint density at radius 1 is 1.13 bits per heavy atom. The van der Waals surface area contributed by atoms with Crippen LogP contribution in [0.2, 0.25) is 0 Å². The number of aliphatic imine (C=N–C) groups is 1. The van der Waals surface area contributed by atoms with Crippen LogP contribution in [0.3, 0.4) is 0 Å². The predicted octanol–water partition coefficient (Wildman–Crippen LogP) is 3.31. The van der Waals surface area contributed by atoms with E-state index in [9.17, 15) is 8.78 Å². The standard InChI is InChI=1S/C12H15F2N/c1-12(2,3)8-5-10(13)9(7-15-4)11(14)6-8/h5-7H,1-4H3/b15-7+. The molecule has 0 aliphatic rings. The Balaban J connectivity index is 3.32. The van der Waals surface area contributed by atoms with Gasteiger partial charge in [-0.3, -0.25) is 4.99 Å². The number of hydrogen-bond donors (Lipinski definition) is 0. The van der Waals surface area contributed by atoms with Gasteiger partial charge in [0.25, 0.3) is 0 Å². The van der Waals surface area contributed by atoms with E-state index in [1.54, 1.807) is 0 Å². The molecule has 0 amide bonds. The summed E-state index contributed by atoms with van der Waals surface area (Å²) in [4.78, 5) is 3.61. The van der Waals surface area contributed by atoms with E-state index < -0.39 is 11.6 Å². The van der Waals surface area contributed by atoms with Gasteiger partial charge in [0, 0.05) is 13.3 Å². The second kappa shape index (κ2) is 4.09.